The SMILES string of the molecule is COc1ccc(CNC(=O)C(=Cc2ccc(I)o2)NC(=O)c2ccccc2)cc1. The molecule has 1 heterocycles. The van der Waals surface area contributed by atoms with Crippen LogP contribution in [0.3, 0.4) is 0 Å². The minimum atomic E-state index is -0.420. The first-order valence-electron chi connectivity index (χ1n) is 8.80. The minimum absolute atomic E-state index is 0.0955. The average molecular weight is 502 g/mol. The third kappa shape index (κ3) is 5.95. The van der Waals surface area contributed by atoms with E-state index in [2.05, 4.69) is 10.6 Å². The Morgan fingerprint density at radius 2 is 1.76 bits per heavy atom. The summed E-state index contributed by atoms with van der Waals surface area (Å²) in [6.07, 6.45) is 1.51. The summed E-state index contributed by atoms with van der Waals surface area (Å²) in [6.45, 7) is 0.303. The van der Waals surface area contributed by atoms with Crippen molar-refractivity contribution in [2.75, 3.05) is 7.11 Å². The van der Waals surface area contributed by atoms with Crippen molar-refractivity contribution >= 4 is 40.5 Å². The van der Waals surface area contributed by atoms with Gasteiger partial charge in [-0.05, 0) is 64.6 Å². The van der Waals surface area contributed by atoms with Crippen molar-refractivity contribution < 1.29 is 18.7 Å². The summed E-state index contributed by atoms with van der Waals surface area (Å²) in [6, 6.07) is 19.6. The van der Waals surface area contributed by atoms with Crippen molar-refractivity contribution in [3.05, 3.63) is 93.1 Å². The van der Waals surface area contributed by atoms with Gasteiger partial charge in [0.1, 0.15) is 17.2 Å². The smallest absolute Gasteiger partial charge is 0.268 e. The number of nitrogens with one attached hydrogen (secondary N) is 2. The van der Waals surface area contributed by atoms with Gasteiger partial charge < -0.3 is 19.8 Å². The van der Waals surface area contributed by atoms with Gasteiger partial charge in [0.15, 0.2) is 3.77 Å². The molecule has 6 nitrogen and oxygen atoms in total. The van der Waals surface area contributed by atoms with E-state index in [1.54, 1.807) is 43.5 Å². The average Bonchev–Trinajstić information content (AvgIpc) is 3.17. The molecule has 0 spiro atoms. The van der Waals surface area contributed by atoms with Crippen LogP contribution in [0.15, 0.2) is 76.8 Å². The van der Waals surface area contributed by atoms with Gasteiger partial charge in [0.25, 0.3) is 11.8 Å². The summed E-state index contributed by atoms with van der Waals surface area (Å²) in [4.78, 5) is 25.3. The lowest BCUT2D eigenvalue weighted by atomic mass is 10.2. The molecule has 0 unspecified atom stereocenters. The standard InChI is InChI=1S/C22H19IN2O4/c1-28-17-9-7-15(8-10-17)14-24-22(27)19(13-18-11-12-20(23)29-18)25-21(26)16-5-3-2-4-6-16/h2-13H,14H2,1H3,(H,24,27)(H,25,26). The van der Waals surface area contributed by atoms with Gasteiger partial charge in [-0.1, -0.05) is 30.3 Å². The molecule has 0 saturated carbocycles. The molecule has 0 aliphatic heterocycles. The highest BCUT2D eigenvalue weighted by molar-refractivity contribution is 14.1. The topological polar surface area (TPSA) is 80.6 Å². The molecule has 0 fully saturated rings. The Morgan fingerprint density at radius 1 is 1.03 bits per heavy atom. The lowest BCUT2D eigenvalue weighted by Gasteiger charge is -2.11. The highest BCUT2D eigenvalue weighted by Gasteiger charge is 2.15. The number of carbonyl (C=O) groups is 2. The second kappa shape index (κ2) is 9.92. The molecule has 2 amide bonds. The van der Waals surface area contributed by atoms with E-state index in [1.807, 2.05) is 52.9 Å². The van der Waals surface area contributed by atoms with Crippen LogP contribution in [0.2, 0.25) is 0 Å². The van der Waals surface area contributed by atoms with E-state index in [4.69, 9.17) is 9.15 Å². The quantitative estimate of drug-likeness (QED) is 0.379. The Balaban J connectivity index is 1.75. The molecule has 148 valence electrons. The third-order valence-electron chi connectivity index (χ3n) is 4.02. The molecule has 3 rings (SSSR count). The van der Waals surface area contributed by atoms with Crippen LogP contribution in [0.25, 0.3) is 6.08 Å². The van der Waals surface area contributed by atoms with Crippen LogP contribution >= 0.6 is 22.6 Å². The first-order chi connectivity index (χ1) is 14.0. The number of amides is 2. The van der Waals surface area contributed by atoms with Gasteiger partial charge in [-0.15, -0.1) is 0 Å². The Morgan fingerprint density at radius 3 is 2.38 bits per heavy atom. The van der Waals surface area contributed by atoms with Crippen molar-refractivity contribution in [2.45, 2.75) is 6.54 Å². The van der Waals surface area contributed by atoms with E-state index in [1.165, 1.54) is 6.08 Å². The Bertz CT molecular complexity index is 1010. The van der Waals surface area contributed by atoms with Crippen LogP contribution in [0.1, 0.15) is 21.7 Å². The monoisotopic (exact) mass is 502 g/mol. The van der Waals surface area contributed by atoms with Gasteiger partial charge in [-0.25, -0.2) is 0 Å². The van der Waals surface area contributed by atoms with Crippen LogP contribution in [-0.2, 0) is 11.3 Å². The summed E-state index contributed by atoms with van der Waals surface area (Å²) >= 11 is 2.04. The van der Waals surface area contributed by atoms with Crippen molar-refractivity contribution in [3.8, 4) is 5.75 Å². The molecule has 0 aliphatic carbocycles. The summed E-state index contributed by atoms with van der Waals surface area (Å²) in [5.41, 5.74) is 1.45. The van der Waals surface area contributed by atoms with E-state index >= 15 is 0 Å². The lowest BCUT2D eigenvalue weighted by Crippen LogP contribution is -2.34. The van der Waals surface area contributed by atoms with Gasteiger partial charge in [0.05, 0.1) is 7.11 Å². The molecule has 1 aromatic heterocycles. The summed E-state index contributed by atoms with van der Waals surface area (Å²) in [5.74, 6) is 0.412. The third-order valence-corrected chi connectivity index (χ3v) is 4.60. The number of hydrogen-bond acceptors (Lipinski definition) is 4. The fourth-order valence-corrected chi connectivity index (χ4v) is 2.95. The highest BCUT2D eigenvalue weighted by Crippen LogP contribution is 2.14. The van der Waals surface area contributed by atoms with Gasteiger partial charge in [0, 0.05) is 18.2 Å². The predicted octanol–water partition coefficient (Wildman–Crippen LogP) is 3.98. The first-order valence-corrected chi connectivity index (χ1v) is 9.87. The summed E-state index contributed by atoms with van der Waals surface area (Å²) < 4.78 is 11.3. The zero-order valence-electron chi connectivity index (χ0n) is 15.6. The van der Waals surface area contributed by atoms with E-state index in [0.717, 1.165) is 11.3 Å². The fraction of sp³-hybridized carbons (Fsp3) is 0.0909. The van der Waals surface area contributed by atoms with Crippen LogP contribution in [0, 0.1) is 3.77 Å². The second-order valence-corrected chi connectivity index (χ2v) is 7.11. The molecular weight excluding hydrogens is 483 g/mol. The van der Waals surface area contributed by atoms with E-state index in [9.17, 15) is 9.59 Å². The minimum Gasteiger partial charge on any atom is -0.497 e. The molecule has 3 aromatic rings. The van der Waals surface area contributed by atoms with Gasteiger partial charge in [-0.3, -0.25) is 9.59 Å². The Kier molecular flexibility index (Phi) is 7.07. The largest absolute Gasteiger partial charge is 0.497 e. The molecule has 0 aliphatic rings. The number of rotatable bonds is 7. The molecule has 0 radical (unpaired) electrons. The summed E-state index contributed by atoms with van der Waals surface area (Å²) in [7, 11) is 1.60. The Hall–Kier alpha value is -3.07. The molecule has 29 heavy (non-hydrogen) atoms. The zero-order valence-corrected chi connectivity index (χ0v) is 17.8. The molecule has 2 N–H and O–H groups in total. The summed E-state index contributed by atoms with van der Waals surface area (Å²) in [5, 5.41) is 5.49. The van der Waals surface area contributed by atoms with Crippen molar-refractivity contribution in [1.82, 2.24) is 10.6 Å². The fourth-order valence-electron chi connectivity index (χ4n) is 2.51. The van der Waals surface area contributed by atoms with Crippen molar-refractivity contribution in [2.24, 2.45) is 0 Å². The molecule has 2 aromatic carbocycles. The number of methoxy groups -OCH3 is 1. The molecule has 0 atom stereocenters. The molecule has 0 bridgehead atoms. The van der Waals surface area contributed by atoms with Crippen LogP contribution in [0.5, 0.6) is 5.75 Å². The highest BCUT2D eigenvalue weighted by atomic mass is 127. The predicted molar refractivity (Wildman–Crippen MR) is 118 cm³/mol. The van der Waals surface area contributed by atoms with Gasteiger partial charge in [0.2, 0.25) is 0 Å². The number of halogens is 1. The Labute approximate surface area is 182 Å². The zero-order chi connectivity index (χ0) is 20.6. The maximum Gasteiger partial charge on any atom is 0.268 e. The van der Waals surface area contributed by atoms with Gasteiger partial charge >= 0.3 is 0 Å². The lowest BCUT2D eigenvalue weighted by molar-refractivity contribution is -0.117. The van der Waals surface area contributed by atoms with Crippen LogP contribution < -0.4 is 15.4 Å². The van der Waals surface area contributed by atoms with Crippen molar-refractivity contribution in [3.63, 3.8) is 0 Å². The van der Waals surface area contributed by atoms with Crippen molar-refractivity contribution in [1.29, 1.82) is 0 Å². The van der Waals surface area contributed by atoms with Gasteiger partial charge in [-0.2, -0.15) is 0 Å². The van der Waals surface area contributed by atoms with Crippen LogP contribution in [-0.4, -0.2) is 18.9 Å². The number of hydrogen-bond donors (Lipinski definition) is 2. The number of ether oxygens (including phenoxy) is 1. The molecule has 7 heteroatoms. The normalized spacial score (nSPS) is 11.0. The van der Waals surface area contributed by atoms with Crippen LogP contribution in [0.4, 0.5) is 0 Å². The number of furan rings is 1. The maximum absolute atomic E-state index is 12.8. The number of benzene rings is 2. The number of carbonyl (C=O) groups excluding carboxylic acids is 2. The van der Waals surface area contributed by atoms with E-state index < -0.39 is 5.91 Å². The van der Waals surface area contributed by atoms with E-state index in [-0.39, 0.29) is 11.6 Å². The second-order valence-electron chi connectivity index (χ2n) is 6.05. The first kappa shape index (κ1) is 20.7. The molecular formula is C22H19IN2O4. The molecule has 0 saturated heterocycles. The maximum atomic E-state index is 12.8. The van der Waals surface area contributed by atoms with E-state index in [0.29, 0.717) is 21.6 Å².